The number of amides is 3. The van der Waals surface area contributed by atoms with Gasteiger partial charge in [-0.15, -0.1) is 0 Å². The molecule has 1 saturated heterocycles. The molecule has 0 bridgehead atoms. The minimum Gasteiger partial charge on any atom is -0.497 e. The van der Waals surface area contributed by atoms with Gasteiger partial charge in [0.1, 0.15) is 17.6 Å². The SMILES string of the molecule is CCC1(c2ccc(Cl)cc2)NC(=O)N(Cc2coc(-c3ccc(OC)cc3)n2)C1=O. The highest BCUT2D eigenvalue weighted by Gasteiger charge is 2.51. The number of methoxy groups -OCH3 is 1. The van der Waals surface area contributed by atoms with Crippen LogP contribution in [-0.4, -0.2) is 28.9 Å². The molecule has 1 N–H and O–H groups in total. The summed E-state index contributed by atoms with van der Waals surface area (Å²) in [5.74, 6) is 0.799. The number of oxazole rings is 1. The molecule has 2 aromatic carbocycles. The molecule has 7 nitrogen and oxygen atoms in total. The van der Waals surface area contributed by atoms with Crippen LogP contribution in [0, 0.1) is 0 Å². The fourth-order valence-corrected chi connectivity index (χ4v) is 3.68. The van der Waals surface area contributed by atoms with Gasteiger partial charge in [-0.25, -0.2) is 9.78 Å². The maximum absolute atomic E-state index is 13.2. The van der Waals surface area contributed by atoms with Crippen LogP contribution in [0.5, 0.6) is 5.75 Å². The molecule has 1 atom stereocenters. The van der Waals surface area contributed by atoms with E-state index in [2.05, 4.69) is 10.3 Å². The van der Waals surface area contributed by atoms with Gasteiger partial charge in [0.25, 0.3) is 5.91 Å². The van der Waals surface area contributed by atoms with Crippen LogP contribution >= 0.6 is 11.6 Å². The molecule has 1 aliphatic rings. The molecule has 30 heavy (non-hydrogen) atoms. The van der Waals surface area contributed by atoms with Crippen LogP contribution in [0.25, 0.3) is 11.5 Å². The molecule has 1 unspecified atom stereocenters. The summed E-state index contributed by atoms with van der Waals surface area (Å²) in [5.41, 5.74) is 0.814. The molecule has 0 saturated carbocycles. The lowest BCUT2D eigenvalue weighted by atomic mass is 9.87. The van der Waals surface area contributed by atoms with Crippen molar-refractivity contribution in [2.75, 3.05) is 7.11 Å². The number of rotatable bonds is 6. The molecule has 3 aromatic rings. The van der Waals surface area contributed by atoms with Crippen molar-refractivity contribution in [3.05, 3.63) is 71.1 Å². The van der Waals surface area contributed by atoms with Crippen LogP contribution in [0.1, 0.15) is 24.6 Å². The van der Waals surface area contributed by atoms with Crippen molar-refractivity contribution in [2.24, 2.45) is 0 Å². The molecule has 2 heterocycles. The van der Waals surface area contributed by atoms with Gasteiger partial charge in [0.2, 0.25) is 5.89 Å². The summed E-state index contributed by atoms with van der Waals surface area (Å²) in [5, 5.41) is 3.41. The second-order valence-corrected chi connectivity index (χ2v) is 7.40. The smallest absolute Gasteiger partial charge is 0.325 e. The highest BCUT2D eigenvalue weighted by atomic mass is 35.5. The van der Waals surface area contributed by atoms with E-state index in [1.54, 1.807) is 43.5 Å². The molecular formula is C22H20ClN3O4. The summed E-state index contributed by atoms with van der Waals surface area (Å²) < 4.78 is 10.7. The standard InChI is InChI=1S/C22H20ClN3O4/c1-3-22(15-6-8-16(23)9-7-15)20(27)26(21(28)25-22)12-17-13-30-19(24-17)14-4-10-18(29-2)11-5-14/h4-11,13H,3,12H2,1-2H3,(H,25,28). The number of hydrogen-bond acceptors (Lipinski definition) is 5. The van der Waals surface area contributed by atoms with Gasteiger partial charge in [0.15, 0.2) is 0 Å². The van der Waals surface area contributed by atoms with Crippen molar-refractivity contribution < 1.29 is 18.7 Å². The van der Waals surface area contributed by atoms with Crippen molar-refractivity contribution in [3.63, 3.8) is 0 Å². The monoisotopic (exact) mass is 425 g/mol. The molecule has 1 fully saturated rings. The number of nitrogens with one attached hydrogen (secondary N) is 1. The Bertz CT molecular complexity index is 1080. The van der Waals surface area contributed by atoms with Crippen LogP contribution in [-0.2, 0) is 16.9 Å². The minimum atomic E-state index is -1.12. The van der Waals surface area contributed by atoms with Crippen molar-refractivity contribution >= 4 is 23.5 Å². The van der Waals surface area contributed by atoms with Crippen molar-refractivity contribution in [2.45, 2.75) is 25.4 Å². The fourth-order valence-electron chi connectivity index (χ4n) is 3.55. The molecule has 1 aromatic heterocycles. The number of benzene rings is 2. The molecule has 0 aliphatic carbocycles. The van der Waals surface area contributed by atoms with E-state index in [4.69, 9.17) is 20.8 Å². The van der Waals surface area contributed by atoms with Crippen molar-refractivity contribution in [1.29, 1.82) is 0 Å². The zero-order valence-electron chi connectivity index (χ0n) is 16.5. The number of hydrogen-bond donors (Lipinski definition) is 1. The van der Waals surface area contributed by atoms with Gasteiger partial charge >= 0.3 is 6.03 Å². The van der Waals surface area contributed by atoms with Gasteiger partial charge < -0.3 is 14.5 Å². The molecule has 0 spiro atoms. The average Bonchev–Trinajstić information content (AvgIpc) is 3.33. The first kappa shape index (κ1) is 20.0. The number of urea groups is 1. The Morgan fingerprint density at radius 3 is 2.47 bits per heavy atom. The fraction of sp³-hybridized carbons (Fsp3) is 0.227. The Kier molecular flexibility index (Phi) is 5.22. The summed E-state index contributed by atoms with van der Waals surface area (Å²) in [6.45, 7) is 1.87. The summed E-state index contributed by atoms with van der Waals surface area (Å²) >= 11 is 5.97. The Hall–Kier alpha value is -3.32. The topological polar surface area (TPSA) is 84.7 Å². The van der Waals surface area contributed by atoms with E-state index >= 15 is 0 Å². The minimum absolute atomic E-state index is 0.0136. The van der Waals surface area contributed by atoms with Crippen LogP contribution < -0.4 is 10.1 Å². The van der Waals surface area contributed by atoms with E-state index in [1.165, 1.54) is 6.26 Å². The van der Waals surface area contributed by atoms with Crippen molar-refractivity contribution in [3.8, 4) is 17.2 Å². The zero-order valence-corrected chi connectivity index (χ0v) is 17.3. The Balaban J connectivity index is 1.56. The highest BCUT2D eigenvalue weighted by molar-refractivity contribution is 6.30. The van der Waals surface area contributed by atoms with Gasteiger partial charge in [-0.1, -0.05) is 30.7 Å². The van der Waals surface area contributed by atoms with Gasteiger partial charge in [0.05, 0.1) is 19.3 Å². The predicted molar refractivity (Wildman–Crippen MR) is 111 cm³/mol. The van der Waals surface area contributed by atoms with E-state index in [-0.39, 0.29) is 12.5 Å². The maximum atomic E-state index is 13.2. The van der Waals surface area contributed by atoms with Gasteiger partial charge in [-0.3, -0.25) is 9.69 Å². The number of carbonyl (C=O) groups is 2. The summed E-state index contributed by atoms with van der Waals surface area (Å²) in [6, 6.07) is 13.7. The van der Waals surface area contributed by atoms with Crippen molar-refractivity contribution in [1.82, 2.24) is 15.2 Å². The molecule has 4 rings (SSSR count). The first-order valence-corrected chi connectivity index (χ1v) is 9.83. The lowest BCUT2D eigenvalue weighted by molar-refractivity contribution is -0.132. The number of nitrogens with zero attached hydrogens (tertiary/aromatic N) is 2. The predicted octanol–water partition coefficient (Wildman–Crippen LogP) is 4.36. The van der Waals surface area contributed by atoms with Crippen LogP contribution in [0.15, 0.2) is 59.2 Å². The van der Waals surface area contributed by atoms with Crippen LogP contribution in [0.4, 0.5) is 4.79 Å². The third kappa shape index (κ3) is 3.41. The van der Waals surface area contributed by atoms with Gasteiger partial charge in [-0.05, 0) is 48.4 Å². The van der Waals surface area contributed by atoms with E-state index in [1.807, 2.05) is 19.1 Å². The molecule has 0 radical (unpaired) electrons. The Morgan fingerprint density at radius 2 is 1.83 bits per heavy atom. The Morgan fingerprint density at radius 1 is 1.13 bits per heavy atom. The van der Waals surface area contributed by atoms with Crippen LogP contribution in [0.2, 0.25) is 5.02 Å². The van der Waals surface area contributed by atoms with Crippen LogP contribution in [0.3, 0.4) is 0 Å². The second-order valence-electron chi connectivity index (χ2n) is 6.96. The number of halogens is 1. The quantitative estimate of drug-likeness (QED) is 0.593. The van der Waals surface area contributed by atoms with Gasteiger partial charge in [-0.2, -0.15) is 0 Å². The molecule has 1 aliphatic heterocycles. The highest BCUT2D eigenvalue weighted by Crippen LogP contribution is 2.34. The van der Waals surface area contributed by atoms with E-state index < -0.39 is 11.6 Å². The van der Waals surface area contributed by atoms with E-state index in [0.717, 1.165) is 16.2 Å². The summed E-state index contributed by atoms with van der Waals surface area (Å²) in [4.78, 5) is 31.5. The van der Waals surface area contributed by atoms with E-state index in [9.17, 15) is 9.59 Å². The largest absolute Gasteiger partial charge is 0.497 e. The normalized spacial score (nSPS) is 18.6. The molecule has 3 amide bonds. The second kappa shape index (κ2) is 7.84. The Labute approximate surface area is 178 Å². The third-order valence-electron chi connectivity index (χ3n) is 5.25. The third-order valence-corrected chi connectivity index (χ3v) is 5.50. The molecular weight excluding hydrogens is 406 g/mol. The lowest BCUT2D eigenvalue weighted by Crippen LogP contribution is -2.43. The molecule has 154 valence electrons. The maximum Gasteiger partial charge on any atom is 0.325 e. The zero-order chi connectivity index (χ0) is 21.3. The first-order valence-electron chi connectivity index (χ1n) is 9.46. The first-order chi connectivity index (χ1) is 14.5. The number of aromatic nitrogens is 1. The molecule has 8 heteroatoms. The average molecular weight is 426 g/mol. The number of carbonyl (C=O) groups excluding carboxylic acids is 2. The number of ether oxygens (including phenoxy) is 1. The van der Waals surface area contributed by atoms with Gasteiger partial charge in [0, 0.05) is 10.6 Å². The lowest BCUT2D eigenvalue weighted by Gasteiger charge is -2.25. The van der Waals surface area contributed by atoms with E-state index in [0.29, 0.717) is 28.6 Å². The number of imide groups is 1. The summed E-state index contributed by atoms with van der Waals surface area (Å²) in [7, 11) is 1.59. The summed E-state index contributed by atoms with van der Waals surface area (Å²) in [6.07, 6.45) is 1.86.